The van der Waals surface area contributed by atoms with Crippen molar-refractivity contribution in [3.8, 4) is 33.4 Å². The van der Waals surface area contributed by atoms with Crippen molar-refractivity contribution in [3.05, 3.63) is 127 Å². The minimum Gasteiger partial charge on any atom is -0.264 e. The molecular weight excluding hydrogens is 422 g/mol. The lowest BCUT2D eigenvalue weighted by Gasteiger charge is -2.17. The minimum atomic E-state index is 0.542. The highest BCUT2D eigenvalue weighted by Gasteiger charge is 2.16. The molecule has 0 aliphatic carbocycles. The van der Waals surface area contributed by atoms with Gasteiger partial charge in [-0.25, -0.2) is 0 Å². The Morgan fingerprint density at radius 1 is 0.457 bits per heavy atom. The summed E-state index contributed by atoms with van der Waals surface area (Å²) in [6.45, 7) is 4.47. The Morgan fingerprint density at radius 3 is 1.57 bits per heavy atom. The first-order valence-corrected chi connectivity index (χ1v) is 12.3. The molecule has 0 atom stereocenters. The van der Waals surface area contributed by atoms with E-state index in [0.29, 0.717) is 5.92 Å². The Hall–Kier alpha value is -4.23. The topological polar surface area (TPSA) is 12.9 Å². The van der Waals surface area contributed by atoms with Crippen LogP contribution in [0.4, 0.5) is 0 Å². The van der Waals surface area contributed by atoms with Crippen molar-refractivity contribution in [1.29, 1.82) is 0 Å². The predicted octanol–water partition coefficient (Wildman–Crippen LogP) is 9.51. The number of hydrogen-bond donors (Lipinski definition) is 0. The van der Waals surface area contributed by atoms with Gasteiger partial charge in [0.1, 0.15) is 0 Å². The Bertz CT molecular complexity index is 1570. The van der Waals surface area contributed by atoms with Crippen molar-refractivity contribution in [1.82, 2.24) is 4.98 Å². The van der Waals surface area contributed by atoms with Crippen molar-refractivity contribution >= 4 is 21.5 Å². The molecule has 0 radical (unpaired) electrons. The van der Waals surface area contributed by atoms with E-state index in [9.17, 15) is 0 Å². The van der Waals surface area contributed by atoms with Crippen LogP contribution in [0.25, 0.3) is 54.9 Å². The number of pyridine rings is 1. The van der Waals surface area contributed by atoms with E-state index in [1.165, 1.54) is 60.5 Å². The first-order valence-electron chi connectivity index (χ1n) is 12.3. The quantitative estimate of drug-likeness (QED) is 0.244. The van der Waals surface area contributed by atoms with Crippen LogP contribution in [0.3, 0.4) is 0 Å². The SMILES string of the molecule is CC(C)c1ccc(-c2ccc(-c3c4ccccc4c(-c4ccccc4)c4ccncc34)cc2)cc1. The summed E-state index contributed by atoms with van der Waals surface area (Å²) in [4.78, 5) is 4.53. The number of aromatic nitrogens is 1. The summed E-state index contributed by atoms with van der Waals surface area (Å²) in [6.07, 6.45) is 3.92. The highest BCUT2D eigenvalue weighted by molar-refractivity contribution is 6.21. The molecule has 0 saturated heterocycles. The summed E-state index contributed by atoms with van der Waals surface area (Å²) < 4.78 is 0. The first-order chi connectivity index (χ1) is 17.2. The zero-order chi connectivity index (χ0) is 23.8. The van der Waals surface area contributed by atoms with E-state index < -0.39 is 0 Å². The van der Waals surface area contributed by atoms with Crippen LogP contribution < -0.4 is 0 Å². The molecule has 0 amide bonds. The molecule has 1 nitrogen and oxygen atoms in total. The van der Waals surface area contributed by atoms with Gasteiger partial charge in [0.2, 0.25) is 0 Å². The van der Waals surface area contributed by atoms with Crippen LogP contribution in [-0.4, -0.2) is 4.98 Å². The highest BCUT2D eigenvalue weighted by Crippen LogP contribution is 2.43. The Kier molecular flexibility index (Phi) is 5.39. The van der Waals surface area contributed by atoms with Gasteiger partial charge in [-0.05, 0) is 67.1 Å². The van der Waals surface area contributed by atoms with Gasteiger partial charge in [-0.15, -0.1) is 0 Å². The van der Waals surface area contributed by atoms with Gasteiger partial charge in [0.15, 0.2) is 0 Å². The van der Waals surface area contributed by atoms with Crippen LogP contribution in [0, 0.1) is 0 Å². The van der Waals surface area contributed by atoms with Gasteiger partial charge in [0.25, 0.3) is 0 Å². The molecule has 168 valence electrons. The van der Waals surface area contributed by atoms with Crippen LogP contribution in [-0.2, 0) is 0 Å². The molecule has 1 heterocycles. The molecule has 1 aromatic heterocycles. The lowest BCUT2D eigenvalue weighted by Crippen LogP contribution is -1.91. The highest BCUT2D eigenvalue weighted by atomic mass is 14.6. The fourth-order valence-corrected chi connectivity index (χ4v) is 5.14. The van der Waals surface area contributed by atoms with Crippen molar-refractivity contribution in [2.24, 2.45) is 0 Å². The number of benzene rings is 5. The third kappa shape index (κ3) is 3.80. The van der Waals surface area contributed by atoms with Crippen molar-refractivity contribution in [2.45, 2.75) is 19.8 Å². The zero-order valence-corrected chi connectivity index (χ0v) is 20.1. The molecule has 6 rings (SSSR count). The van der Waals surface area contributed by atoms with E-state index in [2.05, 4.69) is 128 Å². The van der Waals surface area contributed by atoms with Crippen LogP contribution >= 0.6 is 0 Å². The fourth-order valence-electron chi connectivity index (χ4n) is 5.14. The van der Waals surface area contributed by atoms with Gasteiger partial charge >= 0.3 is 0 Å². The lowest BCUT2D eigenvalue weighted by molar-refractivity contribution is 0.867. The Morgan fingerprint density at radius 2 is 0.943 bits per heavy atom. The van der Waals surface area contributed by atoms with Crippen LogP contribution in [0.5, 0.6) is 0 Å². The van der Waals surface area contributed by atoms with Gasteiger partial charge in [0, 0.05) is 17.8 Å². The molecule has 0 fully saturated rings. The van der Waals surface area contributed by atoms with Crippen LogP contribution in [0.2, 0.25) is 0 Å². The standard InChI is InChI=1S/C34H27N/c1-23(2)24-12-14-25(15-13-24)26-16-18-28(19-17-26)34-30-11-7-6-10-29(30)33(27-8-4-3-5-9-27)31-20-21-35-22-32(31)34/h3-23H,1-2H3. The summed E-state index contributed by atoms with van der Waals surface area (Å²) in [6, 6.07) is 39.5. The smallest absolute Gasteiger partial charge is 0.0353 e. The van der Waals surface area contributed by atoms with Crippen molar-refractivity contribution < 1.29 is 0 Å². The summed E-state index contributed by atoms with van der Waals surface area (Å²) in [5.74, 6) is 0.542. The van der Waals surface area contributed by atoms with E-state index in [1.54, 1.807) is 0 Å². The van der Waals surface area contributed by atoms with Crippen LogP contribution in [0.1, 0.15) is 25.3 Å². The first kappa shape index (κ1) is 21.3. The van der Waals surface area contributed by atoms with Gasteiger partial charge in [-0.3, -0.25) is 4.98 Å². The predicted molar refractivity (Wildman–Crippen MR) is 150 cm³/mol. The van der Waals surface area contributed by atoms with Crippen molar-refractivity contribution in [3.63, 3.8) is 0 Å². The molecule has 0 aliphatic heterocycles. The monoisotopic (exact) mass is 449 g/mol. The summed E-state index contributed by atoms with van der Waals surface area (Å²) in [7, 11) is 0. The zero-order valence-electron chi connectivity index (χ0n) is 20.1. The molecule has 35 heavy (non-hydrogen) atoms. The maximum atomic E-state index is 4.53. The second-order valence-corrected chi connectivity index (χ2v) is 9.44. The third-order valence-corrected chi connectivity index (χ3v) is 6.97. The molecule has 6 aromatic rings. The normalized spacial score (nSPS) is 11.4. The summed E-state index contributed by atoms with van der Waals surface area (Å²) in [5, 5.41) is 4.92. The van der Waals surface area contributed by atoms with Gasteiger partial charge in [-0.2, -0.15) is 0 Å². The average molecular weight is 450 g/mol. The van der Waals surface area contributed by atoms with Gasteiger partial charge in [-0.1, -0.05) is 117 Å². The van der Waals surface area contributed by atoms with Crippen molar-refractivity contribution in [2.75, 3.05) is 0 Å². The average Bonchev–Trinajstić information content (AvgIpc) is 2.92. The second-order valence-electron chi connectivity index (χ2n) is 9.44. The number of fused-ring (bicyclic) bond motifs is 2. The molecule has 0 aliphatic rings. The fraction of sp³-hybridized carbons (Fsp3) is 0.0882. The van der Waals surface area contributed by atoms with E-state index in [0.717, 1.165) is 0 Å². The molecule has 5 aromatic carbocycles. The summed E-state index contributed by atoms with van der Waals surface area (Å²) >= 11 is 0. The minimum absolute atomic E-state index is 0.542. The maximum Gasteiger partial charge on any atom is 0.0353 e. The second kappa shape index (κ2) is 8.85. The Labute approximate surface area is 206 Å². The maximum absolute atomic E-state index is 4.53. The molecular formula is C34H27N. The molecule has 0 spiro atoms. The van der Waals surface area contributed by atoms with Crippen LogP contribution in [0.15, 0.2) is 122 Å². The molecule has 1 heteroatoms. The molecule has 0 N–H and O–H groups in total. The molecule has 0 saturated carbocycles. The lowest BCUT2D eigenvalue weighted by atomic mass is 9.86. The third-order valence-electron chi connectivity index (χ3n) is 6.97. The van der Waals surface area contributed by atoms with E-state index in [4.69, 9.17) is 0 Å². The number of rotatable bonds is 4. The number of hydrogen-bond acceptors (Lipinski definition) is 1. The largest absolute Gasteiger partial charge is 0.264 e. The van der Waals surface area contributed by atoms with Gasteiger partial charge < -0.3 is 0 Å². The summed E-state index contributed by atoms with van der Waals surface area (Å²) in [5.41, 5.74) is 8.80. The number of nitrogens with zero attached hydrogens (tertiary/aromatic N) is 1. The Balaban J connectivity index is 1.55. The van der Waals surface area contributed by atoms with Gasteiger partial charge in [0.05, 0.1) is 0 Å². The van der Waals surface area contributed by atoms with E-state index in [-0.39, 0.29) is 0 Å². The van der Waals surface area contributed by atoms with E-state index >= 15 is 0 Å². The van der Waals surface area contributed by atoms with E-state index in [1.807, 2.05) is 12.4 Å². The molecule has 0 unspecified atom stereocenters. The molecule has 0 bridgehead atoms.